The number of ether oxygens (including phenoxy) is 6. The molecule has 0 bridgehead atoms. The molecular formula is C98H177NO18. The lowest BCUT2D eigenvalue weighted by Crippen LogP contribution is -2.66. The van der Waals surface area contributed by atoms with E-state index in [4.69, 9.17) is 28.4 Å². The second-order valence-corrected chi connectivity index (χ2v) is 34.2. The third kappa shape index (κ3) is 54.4. The Labute approximate surface area is 711 Å². The molecule has 17 unspecified atom stereocenters. The molecular weight excluding hydrogens is 1480 g/mol. The van der Waals surface area contributed by atoms with E-state index in [9.17, 15) is 61.0 Å². The van der Waals surface area contributed by atoms with Gasteiger partial charge in [-0.2, -0.15) is 0 Å². The van der Waals surface area contributed by atoms with Crippen LogP contribution in [0.4, 0.5) is 0 Å². The smallest absolute Gasteiger partial charge is 0.220 e. The molecule has 0 aliphatic carbocycles. The molecule has 0 aromatic carbocycles. The summed E-state index contributed by atoms with van der Waals surface area (Å²) in [5.41, 5.74) is 0. The molecule has 19 nitrogen and oxygen atoms in total. The molecule has 3 rings (SSSR count). The van der Waals surface area contributed by atoms with Crippen LogP contribution in [0.15, 0.2) is 85.1 Å². The van der Waals surface area contributed by atoms with Crippen molar-refractivity contribution >= 4 is 5.91 Å². The summed E-state index contributed by atoms with van der Waals surface area (Å²) in [6, 6.07) is -0.977. The fourth-order valence-electron chi connectivity index (χ4n) is 16.1. The molecule has 0 radical (unpaired) electrons. The fraction of sp³-hybridized carbons (Fsp3) is 0.847. The Morgan fingerprint density at radius 1 is 0.316 bits per heavy atom. The third-order valence-electron chi connectivity index (χ3n) is 23.7. The Morgan fingerprint density at radius 3 is 0.923 bits per heavy atom. The minimum absolute atomic E-state index is 0.245. The highest BCUT2D eigenvalue weighted by Crippen LogP contribution is 2.34. The maximum atomic E-state index is 13.6. The van der Waals surface area contributed by atoms with Crippen molar-refractivity contribution in [1.82, 2.24) is 5.32 Å². The molecule has 0 saturated carbocycles. The maximum Gasteiger partial charge on any atom is 0.220 e. The minimum Gasteiger partial charge on any atom is -0.394 e. The van der Waals surface area contributed by atoms with Crippen LogP contribution in [-0.4, -0.2) is 193 Å². The molecule has 0 spiro atoms. The Bertz CT molecular complexity index is 2440. The zero-order valence-electron chi connectivity index (χ0n) is 73.9. The van der Waals surface area contributed by atoms with E-state index in [-0.39, 0.29) is 18.9 Å². The standard InChI is InChI=1S/C98H177NO18/c1-3-5-7-9-11-13-15-17-19-21-23-25-27-29-31-33-35-36-37-38-39-40-41-42-43-44-46-48-50-52-54-56-58-60-62-64-66-68-70-72-74-76-86(104)99-81(82(103)75-73-71-69-67-65-63-61-59-57-55-53-51-49-47-45-34-32-30-28-26-24-22-20-18-16-14-12-10-8-6-4-2)80-112-96-92(110)89(107)94(84(78-101)114-96)117-98-93(111)90(108)95(85(79-102)115-98)116-97-91(109)88(106)87(105)83(77-100)113-97/h5,7,11,13,17,19,23,25,29,31,35-36,73,75,81-85,87-98,100-103,105-111H,3-4,6,8-10,12,14-16,18,20-22,24,26-28,30,32-34,37-72,74,76-80H2,1-2H3,(H,99,104)/b7-5-,13-11-,19-17-,25-23-,31-29-,36-35-,75-73+. The van der Waals surface area contributed by atoms with Gasteiger partial charge in [0.25, 0.3) is 0 Å². The molecule has 3 saturated heterocycles. The van der Waals surface area contributed by atoms with Gasteiger partial charge in [0, 0.05) is 6.42 Å². The molecule has 682 valence electrons. The van der Waals surface area contributed by atoms with Gasteiger partial charge in [-0.15, -0.1) is 0 Å². The first-order valence-electron chi connectivity index (χ1n) is 48.3. The number of allylic oxidation sites excluding steroid dienone is 13. The normalized spacial score (nSPS) is 24.7. The number of hydrogen-bond acceptors (Lipinski definition) is 18. The van der Waals surface area contributed by atoms with Gasteiger partial charge >= 0.3 is 0 Å². The van der Waals surface area contributed by atoms with Gasteiger partial charge in [0.05, 0.1) is 38.6 Å². The second-order valence-electron chi connectivity index (χ2n) is 34.2. The van der Waals surface area contributed by atoms with Gasteiger partial charge in [0.2, 0.25) is 5.91 Å². The zero-order valence-corrected chi connectivity index (χ0v) is 73.9. The highest BCUT2D eigenvalue weighted by atomic mass is 16.8. The van der Waals surface area contributed by atoms with E-state index in [1.165, 1.54) is 289 Å². The van der Waals surface area contributed by atoms with Crippen molar-refractivity contribution in [2.75, 3.05) is 26.4 Å². The van der Waals surface area contributed by atoms with Crippen LogP contribution in [-0.2, 0) is 33.2 Å². The van der Waals surface area contributed by atoms with Crippen LogP contribution >= 0.6 is 0 Å². The monoisotopic (exact) mass is 1660 g/mol. The predicted octanol–water partition coefficient (Wildman–Crippen LogP) is 19.6. The summed E-state index contributed by atoms with van der Waals surface area (Å²) in [6.07, 6.45) is 78.9. The highest BCUT2D eigenvalue weighted by molar-refractivity contribution is 5.76. The summed E-state index contributed by atoms with van der Waals surface area (Å²) in [6.45, 7) is 1.68. The Balaban J connectivity index is 1.29. The summed E-state index contributed by atoms with van der Waals surface area (Å²) in [7, 11) is 0. The summed E-state index contributed by atoms with van der Waals surface area (Å²) >= 11 is 0. The average Bonchev–Trinajstić information content (AvgIpc) is 0.778. The van der Waals surface area contributed by atoms with Crippen molar-refractivity contribution in [2.24, 2.45) is 0 Å². The summed E-state index contributed by atoms with van der Waals surface area (Å²) < 4.78 is 34.6. The van der Waals surface area contributed by atoms with Crippen molar-refractivity contribution < 1.29 is 89.4 Å². The molecule has 0 aromatic heterocycles. The van der Waals surface area contributed by atoms with Crippen molar-refractivity contribution in [1.29, 1.82) is 0 Å². The number of rotatable bonds is 79. The molecule has 3 aliphatic heterocycles. The number of carbonyl (C=O) groups excluding carboxylic acids is 1. The Hall–Kier alpha value is -3.03. The average molecular weight is 1660 g/mol. The fourth-order valence-corrected chi connectivity index (χ4v) is 16.1. The van der Waals surface area contributed by atoms with Gasteiger partial charge in [0.1, 0.15) is 73.2 Å². The van der Waals surface area contributed by atoms with Crippen LogP contribution in [0.1, 0.15) is 399 Å². The number of aliphatic hydroxyl groups is 11. The zero-order chi connectivity index (χ0) is 84.5. The summed E-state index contributed by atoms with van der Waals surface area (Å²) in [5.74, 6) is -0.269. The van der Waals surface area contributed by atoms with E-state index < -0.39 is 124 Å². The molecule has 3 heterocycles. The number of amides is 1. The van der Waals surface area contributed by atoms with E-state index in [2.05, 4.69) is 92.1 Å². The molecule has 0 aromatic rings. The SMILES string of the molecule is CC/C=C\C/C=C\C/C=C\C/C=C\C/C=C\C/C=C\CCCCCCCCCCCCCCCCCCCCCCCCC(=O)NC(COC1OC(CO)C(OC2OC(CO)C(OC3OC(CO)C(O)C(O)C3O)C(O)C2O)C(O)C1O)C(O)/C=C/CCCCCCCCCCCCCCCCCCCCCCCCCCCCCCC. The van der Waals surface area contributed by atoms with E-state index >= 15 is 0 Å². The van der Waals surface area contributed by atoms with E-state index in [0.29, 0.717) is 6.42 Å². The van der Waals surface area contributed by atoms with E-state index in [0.717, 1.165) is 83.5 Å². The predicted molar refractivity (Wildman–Crippen MR) is 475 cm³/mol. The molecule has 1 amide bonds. The summed E-state index contributed by atoms with van der Waals surface area (Å²) in [5, 5.41) is 121. The van der Waals surface area contributed by atoms with Crippen LogP contribution in [0, 0.1) is 0 Å². The molecule has 3 fully saturated rings. The first-order chi connectivity index (χ1) is 57.3. The minimum atomic E-state index is -1.98. The Morgan fingerprint density at radius 2 is 0.590 bits per heavy atom. The van der Waals surface area contributed by atoms with Crippen LogP contribution in [0.5, 0.6) is 0 Å². The maximum absolute atomic E-state index is 13.6. The van der Waals surface area contributed by atoms with Crippen LogP contribution in [0.3, 0.4) is 0 Å². The number of carbonyl (C=O) groups is 1. The largest absolute Gasteiger partial charge is 0.394 e. The number of aliphatic hydroxyl groups excluding tert-OH is 11. The number of hydrogen-bond donors (Lipinski definition) is 12. The number of nitrogens with one attached hydrogen (secondary N) is 1. The quantitative estimate of drug-likeness (QED) is 0.0199. The van der Waals surface area contributed by atoms with E-state index in [1.54, 1.807) is 6.08 Å². The van der Waals surface area contributed by atoms with Crippen LogP contribution in [0.2, 0.25) is 0 Å². The van der Waals surface area contributed by atoms with Crippen molar-refractivity contribution in [3.05, 3.63) is 85.1 Å². The molecule has 3 aliphatic rings. The highest BCUT2D eigenvalue weighted by Gasteiger charge is 2.54. The van der Waals surface area contributed by atoms with Gasteiger partial charge in [-0.3, -0.25) is 4.79 Å². The number of unbranched alkanes of at least 4 members (excludes halogenated alkanes) is 51. The lowest BCUT2D eigenvalue weighted by molar-refractivity contribution is -0.379. The topological polar surface area (TPSA) is 307 Å². The molecule has 17 atom stereocenters. The molecule has 117 heavy (non-hydrogen) atoms. The van der Waals surface area contributed by atoms with Crippen LogP contribution in [0.25, 0.3) is 0 Å². The first-order valence-corrected chi connectivity index (χ1v) is 48.3. The third-order valence-corrected chi connectivity index (χ3v) is 23.7. The van der Waals surface area contributed by atoms with Gasteiger partial charge in [0.15, 0.2) is 18.9 Å². The van der Waals surface area contributed by atoms with Crippen LogP contribution < -0.4 is 5.32 Å². The lowest BCUT2D eigenvalue weighted by atomic mass is 9.96. The first kappa shape index (κ1) is 108. The van der Waals surface area contributed by atoms with Gasteiger partial charge < -0.3 is 89.9 Å². The van der Waals surface area contributed by atoms with Crippen molar-refractivity contribution in [3.8, 4) is 0 Å². The van der Waals surface area contributed by atoms with Gasteiger partial charge in [-0.25, -0.2) is 0 Å². The van der Waals surface area contributed by atoms with Gasteiger partial charge in [-0.1, -0.05) is 407 Å². The van der Waals surface area contributed by atoms with Gasteiger partial charge in [-0.05, 0) is 70.6 Å². The Kier molecular flexibility index (Phi) is 70.8. The van der Waals surface area contributed by atoms with Crippen molar-refractivity contribution in [2.45, 2.75) is 503 Å². The molecule has 19 heteroatoms. The summed E-state index contributed by atoms with van der Waals surface area (Å²) in [4.78, 5) is 13.6. The second kappa shape index (κ2) is 76.6. The lowest BCUT2D eigenvalue weighted by Gasteiger charge is -2.48. The van der Waals surface area contributed by atoms with Crippen molar-refractivity contribution in [3.63, 3.8) is 0 Å². The van der Waals surface area contributed by atoms with E-state index in [1.807, 2.05) is 6.08 Å². The molecule has 12 N–H and O–H groups in total.